The SMILES string of the molecule is CC.CC.CC(=O)c1ccc(C)cc1.CN. The summed E-state index contributed by atoms with van der Waals surface area (Å²) < 4.78 is 0. The molecule has 0 saturated carbocycles. The lowest BCUT2D eigenvalue weighted by atomic mass is 10.1. The van der Waals surface area contributed by atoms with E-state index in [1.807, 2.05) is 58.9 Å². The van der Waals surface area contributed by atoms with Crippen molar-refractivity contribution >= 4 is 5.78 Å². The lowest BCUT2D eigenvalue weighted by molar-refractivity contribution is 0.101. The lowest BCUT2D eigenvalue weighted by Gasteiger charge is -1.93. The molecule has 0 aliphatic carbocycles. The number of ketones is 1. The van der Waals surface area contributed by atoms with Crippen molar-refractivity contribution in [3.05, 3.63) is 35.4 Å². The highest BCUT2D eigenvalue weighted by Crippen LogP contribution is 2.02. The van der Waals surface area contributed by atoms with E-state index in [-0.39, 0.29) is 5.78 Å². The molecular formula is C14H27NO. The average Bonchev–Trinajstić information content (AvgIpc) is 2.37. The van der Waals surface area contributed by atoms with Crippen LogP contribution in [0, 0.1) is 6.92 Å². The summed E-state index contributed by atoms with van der Waals surface area (Å²) in [4.78, 5) is 10.8. The molecule has 0 bridgehead atoms. The van der Waals surface area contributed by atoms with Gasteiger partial charge in [-0.05, 0) is 20.9 Å². The molecular weight excluding hydrogens is 198 g/mol. The average molecular weight is 225 g/mol. The van der Waals surface area contributed by atoms with E-state index in [9.17, 15) is 4.79 Å². The summed E-state index contributed by atoms with van der Waals surface area (Å²) in [5.41, 5.74) is 6.47. The Labute approximate surface area is 101 Å². The van der Waals surface area contributed by atoms with Gasteiger partial charge in [0.05, 0.1) is 0 Å². The number of rotatable bonds is 1. The maximum Gasteiger partial charge on any atom is 0.159 e. The summed E-state index contributed by atoms with van der Waals surface area (Å²) in [6.07, 6.45) is 0. The summed E-state index contributed by atoms with van der Waals surface area (Å²) in [7, 11) is 1.50. The number of nitrogens with two attached hydrogens (primary N) is 1. The van der Waals surface area contributed by atoms with Gasteiger partial charge in [-0.25, -0.2) is 0 Å². The second kappa shape index (κ2) is 16.3. The predicted molar refractivity (Wildman–Crippen MR) is 74.0 cm³/mol. The Morgan fingerprint density at radius 3 is 1.50 bits per heavy atom. The molecule has 0 unspecified atom stereocenters. The van der Waals surface area contributed by atoms with Gasteiger partial charge in [0, 0.05) is 5.56 Å². The summed E-state index contributed by atoms with van der Waals surface area (Å²) in [6.45, 7) is 11.6. The zero-order valence-corrected chi connectivity index (χ0v) is 11.8. The highest BCUT2D eigenvalue weighted by atomic mass is 16.1. The number of Topliss-reactive ketones (excluding diaryl/α,β-unsaturated/α-hetero) is 1. The molecule has 94 valence electrons. The first-order chi connectivity index (χ1) is 7.70. The van der Waals surface area contributed by atoms with E-state index >= 15 is 0 Å². The van der Waals surface area contributed by atoms with Gasteiger partial charge in [-0.3, -0.25) is 4.79 Å². The summed E-state index contributed by atoms with van der Waals surface area (Å²) in [6, 6.07) is 7.57. The fraction of sp³-hybridized carbons (Fsp3) is 0.500. The minimum absolute atomic E-state index is 0.125. The molecule has 0 radical (unpaired) electrons. The molecule has 2 heteroatoms. The van der Waals surface area contributed by atoms with Gasteiger partial charge in [0.2, 0.25) is 0 Å². The largest absolute Gasteiger partial charge is 0.333 e. The van der Waals surface area contributed by atoms with Crippen LogP contribution in [0.1, 0.15) is 50.5 Å². The monoisotopic (exact) mass is 225 g/mol. The Kier molecular flexibility index (Phi) is 20.6. The predicted octanol–water partition coefficient (Wildman–Crippen LogP) is 3.82. The number of carbonyl (C=O) groups excluding carboxylic acids is 1. The molecule has 0 saturated heterocycles. The van der Waals surface area contributed by atoms with Gasteiger partial charge in [-0.1, -0.05) is 57.5 Å². The van der Waals surface area contributed by atoms with E-state index in [1.165, 1.54) is 12.6 Å². The Bertz CT molecular complexity index is 239. The van der Waals surface area contributed by atoms with Crippen LogP contribution in [0.25, 0.3) is 0 Å². The molecule has 1 rings (SSSR count). The van der Waals surface area contributed by atoms with Crippen LogP contribution in [0.2, 0.25) is 0 Å². The third kappa shape index (κ3) is 10.9. The van der Waals surface area contributed by atoms with E-state index in [0.717, 1.165) is 5.56 Å². The lowest BCUT2D eigenvalue weighted by Crippen LogP contribution is -1.90. The van der Waals surface area contributed by atoms with Gasteiger partial charge in [0.1, 0.15) is 0 Å². The minimum atomic E-state index is 0.125. The second-order valence-corrected chi connectivity index (χ2v) is 2.42. The highest BCUT2D eigenvalue weighted by Gasteiger charge is 1.95. The van der Waals surface area contributed by atoms with Crippen molar-refractivity contribution in [2.45, 2.75) is 41.5 Å². The first-order valence-electron chi connectivity index (χ1n) is 5.85. The van der Waals surface area contributed by atoms with Gasteiger partial charge < -0.3 is 5.73 Å². The zero-order valence-electron chi connectivity index (χ0n) is 11.8. The van der Waals surface area contributed by atoms with E-state index in [1.54, 1.807) is 6.92 Å². The van der Waals surface area contributed by atoms with E-state index in [0.29, 0.717) is 0 Å². The first-order valence-corrected chi connectivity index (χ1v) is 5.85. The van der Waals surface area contributed by atoms with Gasteiger partial charge >= 0.3 is 0 Å². The van der Waals surface area contributed by atoms with Gasteiger partial charge in [0.25, 0.3) is 0 Å². The molecule has 16 heavy (non-hydrogen) atoms. The Balaban J connectivity index is -0.000000245. The molecule has 0 fully saturated rings. The molecule has 0 heterocycles. The molecule has 0 aliphatic rings. The van der Waals surface area contributed by atoms with Gasteiger partial charge in [-0.2, -0.15) is 0 Å². The second-order valence-electron chi connectivity index (χ2n) is 2.42. The Morgan fingerprint density at radius 1 is 0.938 bits per heavy atom. The van der Waals surface area contributed by atoms with Gasteiger partial charge in [-0.15, -0.1) is 0 Å². The van der Waals surface area contributed by atoms with E-state index in [4.69, 9.17) is 0 Å². The molecule has 0 amide bonds. The Morgan fingerprint density at radius 2 is 1.25 bits per heavy atom. The number of carbonyl (C=O) groups is 1. The van der Waals surface area contributed by atoms with Crippen LogP contribution in [-0.2, 0) is 0 Å². The number of hydrogen-bond donors (Lipinski definition) is 1. The highest BCUT2D eigenvalue weighted by molar-refractivity contribution is 5.93. The summed E-state index contributed by atoms with van der Waals surface area (Å²) >= 11 is 0. The Hall–Kier alpha value is -1.15. The smallest absolute Gasteiger partial charge is 0.159 e. The van der Waals surface area contributed by atoms with Crippen LogP contribution in [0.4, 0.5) is 0 Å². The van der Waals surface area contributed by atoms with Crippen molar-refractivity contribution < 1.29 is 4.79 Å². The molecule has 0 aromatic heterocycles. The molecule has 0 atom stereocenters. The summed E-state index contributed by atoms with van der Waals surface area (Å²) in [5.74, 6) is 0.125. The van der Waals surface area contributed by atoms with Gasteiger partial charge in [0.15, 0.2) is 5.78 Å². The number of aryl methyl sites for hydroxylation is 1. The van der Waals surface area contributed by atoms with Crippen LogP contribution in [0.15, 0.2) is 24.3 Å². The molecule has 2 N–H and O–H groups in total. The quantitative estimate of drug-likeness (QED) is 0.738. The molecule has 1 aromatic rings. The minimum Gasteiger partial charge on any atom is -0.333 e. The molecule has 0 spiro atoms. The van der Waals surface area contributed by atoms with E-state index < -0.39 is 0 Å². The molecule has 1 aromatic carbocycles. The van der Waals surface area contributed by atoms with Crippen LogP contribution in [0.3, 0.4) is 0 Å². The van der Waals surface area contributed by atoms with Crippen molar-refractivity contribution in [1.29, 1.82) is 0 Å². The fourth-order valence-electron chi connectivity index (χ4n) is 0.788. The fourth-order valence-corrected chi connectivity index (χ4v) is 0.788. The van der Waals surface area contributed by atoms with Crippen LogP contribution >= 0.6 is 0 Å². The van der Waals surface area contributed by atoms with Crippen molar-refractivity contribution in [3.8, 4) is 0 Å². The standard InChI is InChI=1S/C9H10O.2C2H6.CH5N/c1-7-3-5-9(6-4-7)8(2)10;3*1-2/h3-6H,1-2H3;2*1-2H3;2H2,1H3. The van der Waals surface area contributed by atoms with Crippen molar-refractivity contribution in [1.82, 2.24) is 0 Å². The zero-order chi connectivity index (χ0) is 13.6. The van der Waals surface area contributed by atoms with Crippen molar-refractivity contribution in [2.24, 2.45) is 5.73 Å². The maximum atomic E-state index is 10.8. The number of hydrogen-bond acceptors (Lipinski definition) is 2. The van der Waals surface area contributed by atoms with Crippen LogP contribution in [-0.4, -0.2) is 12.8 Å². The third-order valence-electron chi connectivity index (χ3n) is 1.46. The van der Waals surface area contributed by atoms with Crippen molar-refractivity contribution in [2.75, 3.05) is 7.05 Å². The topological polar surface area (TPSA) is 43.1 Å². The van der Waals surface area contributed by atoms with Crippen molar-refractivity contribution in [3.63, 3.8) is 0 Å². The third-order valence-corrected chi connectivity index (χ3v) is 1.46. The molecule has 2 nitrogen and oxygen atoms in total. The maximum absolute atomic E-state index is 10.8. The van der Waals surface area contributed by atoms with E-state index in [2.05, 4.69) is 5.73 Å². The van der Waals surface area contributed by atoms with Crippen LogP contribution in [0.5, 0.6) is 0 Å². The first kappa shape index (κ1) is 20.3. The van der Waals surface area contributed by atoms with Crippen LogP contribution < -0.4 is 5.73 Å². The summed E-state index contributed by atoms with van der Waals surface area (Å²) in [5, 5.41) is 0. The normalized spacial score (nSPS) is 7.00. The molecule has 0 aliphatic heterocycles. The number of benzene rings is 1.